The molecule has 5 rings (SSSR count). The molecule has 0 spiro atoms. The summed E-state index contributed by atoms with van der Waals surface area (Å²) in [4.78, 5) is 30.8. The highest BCUT2D eigenvalue weighted by molar-refractivity contribution is 6.03. The molecule has 1 unspecified atom stereocenters. The van der Waals surface area contributed by atoms with Crippen LogP contribution in [0, 0.1) is 57.3 Å². The zero-order chi connectivity index (χ0) is 24.2. The lowest BCUT2D eigenvalue weighted by molar-refractivity contribution is -0.155. The summed E-state index contributed by atoms with van der Waals surface area (Å²) in [7, 11) is 0. The molecule has 5 aliphatic rings. The summed E-state index contributed by atoms with van der Waals surface area (Å²) in [6.07, 6.45) is 12.0. The molecule has 3 fully saturated rings. The van der Waals surface area contributed by atoms with Gasteiger partial charge in [0.15, 0.2) is 11.6 Å². The Labute approximate surface area is 200 Å². The fourth-order valence-electron chi connectivity index (χ4n) is 9.70. The van der Waals surface area contributed by atoms with Crippen molar-refractivity contribution >= 4 is 11.6 Å². The highest BCUT2D eigenvalue weighted by Gasteiger charge is 2.67. The highest BCUT2D eigenvalue weighted by atomic mass is 16.1. The number of rotatable bonds is 0. The van der Waals surface area contributed by atoms with E-state index >= 15 is 0 Å². The van der Waals surface area contributed by atoms with Gasteiger partial charge in [0.2, 0.25) is 5.70 Å². The lowest BCUT2D eigenvalue weighted by atomic mass is 9.36. The zero-order valence-corrected chi connectivity index (χ0v) is 21.7. The predicted octanol–water partition coefficient (Wildman–Crippen LogP) is 7.19. The second kappa shape index (κ2) is 6.71. The van der Waals surface area contributed by atoms with Gasteiger partial charge in [0.25, 0.3) is 0 Å². The number of fused-ring (bicyclic) bond motifs is 7. The van der Waals surface area contributed by atoms with Crippen molar-refractivity contribution in [3.8, 4) is 0 Å². The van der Waals surface area contributed by atoms with Crippen LogP contribution in [0.25, 0.3) is 4.85 Å². The molecule has 0 aliphatic heterocycles. The molecule has 3 heteroatoms. The van der Waals surface area contributed by atoms with Gasteiger partial charge in [0.05, 0.1) is 6.57 Å². The van der Waals surface area contributed by atoms with Crippen molar-refractivity contribution in [1.82, 2.24) is 0 Å². The van der Waals surface area contributed by atoms with Crippen molar-refractivity contribution in [1.29, 1.82) is 0 Å². The fourth-order valence-corrected chi connectivity index (χ4v) is 9.70. The molecular formula is C30H41NO2. The first-order valence-corrected chi connectivity index (χ1v) is 13.1. The summed E-state index contributed by atoms with van der Waals surface area (Å²) >= 11 is 0. The van der Waals surface area contributed by atoms with Crippen molar-refractivity contribution in [2.75, 3.05) is 0 Å². The zero-order valence-electron chi connectivity index (χ0n) is 21.7. The third-order valence-corrected chi connectivity index (χ3v) is 11.7. The number of hydrogen-bond acceptors (Lipinski definition) is 2. The summed E-state index contributed by atoms with van der Waals surface area (Å²) < 4.78 is 0. The van der Waals surface area contributed by atoms with Gasteiger partial charge in [-0.1, -0.05) is 60.1 Å². The summed E-state index contributed by atoms with van der Waals surface area (Å²) in [6.45, 7) is 23.5. The minimum absolute atomic E-state index is 0.0275. The highest BCUT2D eigenvalue weighted by Crippen LogP contribution is 2.73. The third kappa shape index (κ3) is 2.79. The topological polar surface area (TPSA) is 38.5 Å². The van der Waals surface area contributed by atoms with E-state index in [0.29, 0.717) is 23.0 Å². The first-order chi connectivity index (χ1) is 15.2. The summed E-state index contributed by atoms with van der Waals surface area (Å²) in [5.74, 6) is 1.70. The molecule has 33 heavy (non-hydrogen) atoms. The molecule has 0 aromatic rings. The van der Waals surface area contributed by atoms with Gasteiger partial charge >= 0.3 is 0 Å². The van der Waals surface area contributed by atoms with Gasteiger partial charge in [-0.2, -0.15) is 0 Å². The van der Waals surface area contributed by atoms with Crippen molar-refractivity contribution in [2.24, 2.45) is 50.7 Å². The van der Waals surface area contributed by atoms with Crippen LogP contribution in [0.3, 0.4) is 0 Å². The number of ketones is 2. The van der Waals surface area contributed by atoms with E-state index in [-0.39, 0.29) is 34.1 Å². The molecule has 0 N–H and O–H groups in total. The van der Waals surface area contributed by atoms with Crippen LogP contribution < -0.4 is 0 Å². The van der Waals surface area contributed by atoms with Crippen molar-refractivity contribution < 1.29 is 9.59 Å². The Hall–Kier alpha value is -1.69. The molecule has 0 aromatic heterocycles. The molecule has 0 aromatic carbocycles. The quantitative estimate of drug-likeness (QED) is 0.369. The fraction of sp³-hybridized carbons (Fsp3) is 0.767. The van der Waals surface area contributed by atoms with E-state index in [0.717, 1.165) is 25.7 Å². The number of hydrogen-bond donors (Lipinski definition) is 0. The van der Waals surface area contributed by atoms with E-state index < -0.39 is 10.8 Å². The monoisotopic (exact) mass is 447 g/mol. The molecule has 0 heterocycles. The van der Waals surface area contributed by atoms with Gasteiger partial charge in [-0.15, -0.1) is 0 Å². The molecular weight excluding hydrogens is 406 g/mol. The first kappa shape index (κ1) is 23.1. The number of Topliss-reactive ketones (excluding diaryl/α,β-unsaturated/α-hetero) is 1. The second-order valence-electron chi connectivity index (χ2n) is 14.1. The normalized spacial score (nSPS) is 47.7. The van der Waals surface area contributed by atoms with E-state index in [9.17, 15) is 9.59 Å². The van der Waals surface area contributed by atoms with Crippen LogP contribution in [0.15, 0.2) is 23.4 Å². The number of carbonyl (C=O) groups excluding carboxylic acids is 2. The molecule has 7 atom stereocenters. The average Bonchev–Trinajstić information content (AvgIpc) is 2.72. The SMILES string of the molecule is [C-]#[N+]C1=C[C@]2(C)C3=CC(=O)[C@@H]4[C@@H]5CC(C)(C)CCC5CC[C@@]4(C)[C@]3(C)CC[C@H]2C(C)(C)C1=O. The number of carbonyl (C=O) groups is 2. The van der Waals surface area contributed by atoms with Crippen LogP contribution in [0.1, 0.15) is 93.4 Å². The lowest BCUT2D eigenvalue weighted by Crippen LogP contribution is -2.63. The van der Waals surface area contributed by atoms with Gasteiger partial charge in [-0.3, -0.25) is 4.79 Å². The first-order valence-electron chi connectivity index (χ1n) is 13.1. The molecule has 3 nitrogen and oxygen atoms in total. The minimum Gasteiger partial charge on any atom is -0.307 e. The third-order valence-electron chi connectivity index (χ3n) is 11.7. The molecule has 0 radical (unpaired) electrons. The van der Waals surface area contributed by atoms with Crippen LogP contribution in [0.5, 0.6) is 0 Å². The molecule has 3 saturated carbocycles. The van der Waals surface area contributed by atoms with E-state index in [1.807, 2.05) is 26.0 Å². The van der Waals surface area contributed by atoms with E-state index in [4.69, 9.17) is 6.57 Å². The minimum atomic E-state index is -0.586. The molecule has 0 bridgehead atoms. The number of allylic oxidation sites excluding steroid dienone is 4. The van der Waals surface area contributed by atoms with Crippen LogP contribution in [-0.2, 0) is 9.59 Å². The Morgan fingerprint density at radius 3 is 2.27 bits per heavy atom. The van der Waals surface area contributed by atoms with Crippen molar-refractivity contribution in [2.45, 2.75) is 93.4 Å². The molecule has 178 valence electrons. The lowest BCUT2D eigenvalue weighted by Gasteiger charge is -2.67. The van der Waals surface area contributed by atoms with Gasteiger partial charge in [-0.25, -0.2) is 4.85 Å². The van der Waals surface area contributed by atoms with Gasteiger partial charge in [0, 0.05) is 16.7 Å². The van der Waals surface area contributed by atoms with Crippen molar-refractivity contribution in [3.05, 3.63) is 34.8 Å². The van der Waals surface area contributed by atoms with Crippen LogP contribution >= 0.6 is 0 Å². The maximum Gasteiger partial charge on any atom is 0.226 e. The second-order valence-corrected chi connectivity index (χ2v) is 14.1. The maximum atomic E-state index is 14.1. The Morgan fingerprint density at radius 2 is 1.61 bits per heavy atom. The van der Waals surface area contributed by atoms with Gasteiger partial charge < -0.3 is 4.79 Å². The maximum absolute atomic E-state index is 14.1. The smallest absolute Gasteiger partial charge is 0.226 e. The molecule has 0 saturated heterocycles. The van der Waals surface area contributed by atoms with E-state index in [2.05, 4.69) is 39.5 Å². The largest absolute Gasteiger partial charge is 0.307 e. The van der Waals surface area contributed by atoms with E-state index in [1.165, 1.54) is 24.8 Å². The molecule has 0 amide bonds. The van der Waals surface area contributed by atoms with Crippen LogP contribution in [0.4, 0.5) is 0 Å². The Bertz CT molecular complexity index is 1040. The van der Waals surface area contributed by atoms with Gasteiger partial charge in [-0.05, 0) is 85.0 Å². The predicted molar refractivity (Wildman–Crippen MR) is 131 cm³/mol. The average molecular weight is 448 g/mol. The van der Waals surface area contributed by atoms with Crippen molar-refractivity contribution in [3.63, 3.8) is 0 Å². The molecule has 5 aliphatic carbocycles. The Kier molecular flexibility index (Phi) is 4.69. The van der Waals surface area contributed by atoms with Gasteiger partial charge in [0.1, 0.15) is 0 Å². The van der Waals surface area contributed by atoms with E-state index in [1.54, 1.807) is 0 Å². The van der Waals surface area contributed by atoms with Crippen LogP contribution in [-0.4, -0.2) is 11.6 Å². The Balaban J connectivity index is 1.68. The number of nitrogens with zero attached hydrogens (tertiary/aromatic N) is 1. The summed E-state index contributed by atoms with van der Waals surface area (Å²) in [5.41, 5.74) is 0.646. The summed E-state index contributed by atoms with van der Waals surface area (Å²) in [6, 6.07) is 0. The standard InChI is InChI=1S/C30H41NO2/c1-26(2)12-9-18-10-13-30(7)24(19(18)16-26)21(32)15-23-28(5)17-20(31-8)25(33)27(3,4)22(28)11-14-29(23,30)6/h15,17-19,22,24H,9-14,16H2,1-7H3/t18?,19-,22+,24+,28+,29-,30-/m1/s1. The summed E-state index contributed by atoms with van der Waals surface area (Å²) in [5, 5.41) is 0. The van der Waals surface area contributed by atoms with Crippen LogP contribution in [0.2, 0.25) is 0 Å². The Morgan fingerprint density at radius 1 is 0.939 bits per heavy atom.